The summed E-state index contributed by atoms with van der Waals surface area (Å²) in [5.41, 5.74) is 10.1. The molecule has 0 radical (unpaired) electrons. The van der Waals surface area contributed by atoms with Crippen molar-refractivity contribution in [1.29, 1.82) is 5.26 Å². The largest absolute Gasteiger partial charge is 0.468 e. The number of ether oxygens (including phenoxy) is 2. The number of fused-ring (bicyclic) bond motifs is 1. The average Bonchev–Trinajstić information content (AvgIpc) is 3.03. The van der Waals surface area contributed by atoms with E-state index in [1.54, 1.807) is 12.1 Å². The van der Waals surface area contributed by atoms with Crippen LogP contribution in [0.4, 0.5) is 5.69 Å². The molecule has 0 atom stereocenters. The van der Waals surface area contributed by atoms with Gasteiger partial charge in [-0.2, -0.15) is 5.26 Å². The van der Waals surface area contributed by atoms with E-state index in [9.17, 15) is 5.26 Å². The molecule has 0 spiro atoms. The van der Waals surface area contributed by atoms with Gasteiger partial charge in [-0.1, -0.05) is 0 Å². The Hall–Kier alpha value is -3.25. The summed E-state index contributed by atoms with van der Waals surface area (Å²) < 4.78 is 15.5. The van der Waals surface area contributed by atoms with Crippen molar-refractivity contribution in [3.8, 4) is 11.9 Å². The third-order valence-corrected chi connectivity index (χ3v) is 4.04. The van der Waals surface area contributed by atoms with Gasteiger partial charge >= 0.3 is 0 Å². The minimum Gasteiger partial charge on any atom is -0.468 e. The highest BCUT2D eigenvalue weighted by atomic mass is 16.6. The fourth-order valence-corrected chi connectivity index (χ4v) is 2.59. The van der Waals surface area contributed by atoms with Gasteiger partial charge in [0.15, 0.2) is 5.52 Å². The summed E-state index contributed by atoms with van der Waals surface area (Å²) in [5, 5.41) is 16.7. The molecule has 0 aromatic carbocycles. The van der Waals surface area contributed by atoms with E-state index in [0.29, 0.717) is 53.6 Å². The summed E-state index contributed by atoms with van der Waals surface area (Å²) in [7, 11) is 0. The van der Waals surface area contributed by atoms with Gasteiger partial charge in [0.25, 0.3) is 0 Å². The van der Waals surface area contributed by atoms with Gasteiger partial charge < -0.3 is 15.2 Å². The highest BCUT2D eigenvalue weighted by molar-refractivity contribution is 5.85. The van der Waals surface area contributed by atoms with Crippen LogP contribution in [0, 0.1) is 18.3 Å². The number of hydrogen-bond donors (Lipinski definition) is 1. The molecular formula is C16H14N6O3. The monoisotopic (exact) mass is 338 g/mol. The maximum absolute atomic E-state index is 9.23. The molecule has 1 fully saturated rings. The zero-order valence-electron chi connectivity index (χ0n) is 13.4. The zero-order valence-corrected chi connectivity index (χ0v) is 13.4. The second-order valence-electron chi connectivity index (χ2n) is 5.75. The van der Waals surface area contributed by atoms with Crippen LogP contribution in [0.5, 0.6) is 5.88 Å². The molecule has 1 saturated heterocycles. The Morgan fingerprint density at radius 1 is 1.32 bits per heavy atom. The molecule has 4 heterocycles. The van der Waals surface area contributed by atoms with E-state index in [0.717, 1.165) is 11.3 Å². The molecular weight excluding hydrogens is 324 g/mol. The summed E-state index contributed by atoms with van der Waals surface area (Å²) in [5.74, 6) is 0.307. The van der Waals surface area contributed by atoms with E-state index < -0.39 is 0 Å². The van der Waals surface area contributed by atoms with E-state index in [1.165, 1.54) is 0 Å². The maximum Gasteiger partial charge on any atom is 0.232 e. The fraction of sp³-hybridized carbons (Fsp3) is 0.312. The topological polar surface area (TPSA) is 133 Å². The van der Waals surface area contributed by atoms with Crippen molar-refractivity contribution in [1.82, 2.24) is 20.3 Å². The second-order valence-corrected chi connectivity index (χ2v) is 5.75. The first-order chi connectivity index (χ1) is 12.2. The van der Waals surface area contributed by atoms with Gasteiger partial charge in [-0.3, -0.25) is 0 Å². The molecule has 3 aromatic heterocycles. The summed E-state index contributed by atoms with van der Waals surface area (Å²) in [6, 6.07) is 5.55. The lowest BCUT2D eigenvalue weighted by Gasteiger charge is -2.26. The first-order valence-corrected chi connectivity index (χ1v) is 7.67. The van der Waals surface area contributed by atoms with E-state index in [2.05, 4.69) is 26.4 Å². The van der Waals surface area contributed by atoms with Crippen LogP contribution in [0.15, 0.2) is 16.8 Å². The number of hydrogen-bond acceptors (Lipinski definition) is 9. The van der Waals surface area contributed by atoms with Gasteiger partial charge in [-0.15, -0.1) is 0 Å². The van der Waals surface area contributed by atoms with Crippen molar-refractivity contribution in [2.75, 3.05) is 18.9 Å². The van der Waals surface area contributed by atoms with Crippen LogP contribution in [-0.2, 0) is 11.2 Å². The molecule has 1 aliphatic heterocycles. The van der Waals surface area contributed by atoms with Gasteiger partial charge in [-0.05, 0) is 29.4 Å². The second kappa shape index (κ2) is 5.99. The van der Waals surface area contributed by atoms with Gasteiger partial charge in [0.2, 0.25) is 11.5 Å². The van der Waals surface area contributed by atoms with Crippen molar-refractivity contribution in [2.24, 2.45) is 0 Å². The van der Waals surface area contributed by atoms with Crippen LogP contribution < -0.4 is 10.5 Å². The van der Waals surface area contributed by atoms with E-state index in [1.807, 2.05) is 6.92 Å². The molecule has 0 aliphatic carbocycles. The molecule has 0 amide bonds. The highest BCUT2D eigenvalue weighted by Crippen LogP contribution is 2.26. The van der Waals surface area contributed by atoms with Gasteiger partial charge in [0, 0.05) is 23.4 Å². The lowest BCUT2D eigenvalue weighted by atomic mass is 10.0. The highest BCUT2D eigenvalue weighted by Gasteiger charge is 2.23. The van der Waals surface area contributed by atoms with Crippen LogP contribution in [0.25, 0.3) is 11.2 Å². The van der Waals surface area contributed by atoms with Gasteiger partial charge in [0.05, 0.1) is 18.9 Å². The Bertz CT molecular complexity index is 989. The van der Waals surface area contributed by atoms with Crippen LogP contribution in [-0.4, -0.2) is 39.6 Å². The molecule has 4 rings (SSSR count). The number of aromatic nitrogens is 4. The van der Waals surface area contributed by atoms with Crippen LogP contribution in [0.2, 0.25) is 0 Å². The Labute approximate surface area is 142 Å². The smallest absolute Gasteiger partial charge is 0.232 e. The molecule has 126 valence electrons. The van der Waals surface area contributed by atoms with Crippen LogP contribution in [0.3, 0.4) is 0 Å². The number of nitriles is 1. The quantitative estimate of drug-likeness (QED) is 0.743. The standard InChI is InChI=1S/C16H14N6O3/c1-8-12(13(18)14-15(19-8)22-25-21-14)4-10-3-2-9(5-17)16(20-10)24-11-6-23-7-11/h2-3,11H,4,6-7,18H2,1H3. The summed E-state index contributed by atoms with van der Waals surface area (Å²) >= 11 is 0. The van der Waals surface area contributed by atoms with Crippen molar-refractivity contribution in [2.45, 2.75) is 19.4 Å². The molecule has 3 aromatic rings. The summed E-state index contributed by atoms with van der Waals surface area (Å²) in [6.45, 7) is 2.84. The average molecular weight is 338 g/mol. The number of nitrogens with two attached hydrogens (primary N) is 1. The SMILES string of the molecule is Cc1nc2nonc2c(N)c1Cc1ccc(C#N)c(OC2COC2)n1. The van der Waals surface area contributed by atoms with E-state index >= 15 is 0 Å². The van der Waals surface area contributed by atoms with Crippen LogP contribution >= 0.6 is 0 Å². The summed E-state index contributed by atoms with van der Waals surface area (Å²) in [4.78, 5) is 8.81. The van der Waals surface area contributed by atoms with Crippen LogP contribution in [0.1, 0.15) is 22.5 Å². The lowest BCUT2D eigenvalue weighted by Crippen LogP contribution is -2.39. The minimum absolute atomic E-state index is 0.0686. The van der Waals surface area contributed by atoms with Gasteiger partial charge in [-0.25, -0.2) is 14.6 Å². The van der Waals surface area contributed by atoms with E-state index in [4.69, 9.17) is 19.8 Å². The third-order valence-electron chi connectivity index (χ3n) is 4.04. The molecule has 0 unspecified atom stereocenters. The Kier molecular flexibility index (Phi) is 3.66. The lowest BCUT2D eigenvalue weighted by molar-refractivity contribution is -0.0814. The molecule has 25 heavy (non-hydrogen) atoms. The molecule has 2 N–H and O–H groups in total. The van der Waals surface area contributed by atoms with Crippen molar-refractivity contribution in [3.05, 3.63) is 34.6 Å². The molecule has 9 nitrogen and oxygen atoms in total. The first kappa shape index (κ1) is 15.3. The molecule has 1 aliphatic rings. The molecule has 0 saturated carbocycles. The number of aryl methyl sites for hydroxylation is 1. The van der Waals surface area contributed by atoms with Crippen molar-refractivity contribution >= 4 is 16.9 Å². The minimum atomic E-state index is -0.0686. The molecule has 0 bridgehead atoms. The number of pyridine rings is 2. The third kappa shape index (κ3) is 2.72. The maximum atomic E-state index is 9.23. The van der Waals surface area contributed by atoms with Gasteiger partial charge in [0.1, 0.15) is 17.7 Å². The Morgan fingerprint density at radius 2 is 2.16 bits per heavy atom. The number of nitrogens with zero attached hydrogens (tertiary/aromatic N) is 5. The number of rotatable bonds is 4. The normalized spacial score (nSPS) is 14.2. The fourth-order valence-electron chi connectivity index (χ4n) is 2.59. The Balaban J connectivity index is 1.68. The summed E-state index contributed by atoms with van der Waals surface area (Å²) in [6.07, 6.45) is 0.359. The predicted octanol–water partition coefficient (Wildman–Crippen LogP) is 1.14. The predicted molar refractivity (Wildman–Crippen MR) is 85.7 cm³/mol. The van der Waals surface area contributed by atoms with Crippen molar-refractivity contribution < 1.29 is 14.1 Å². The van der Waals surface area contributed by atoms with Crippen molar-refractivity contribution in [3.63, 3.8) is 0 Å². The number of nitrogen functional groups attached to an aromatic ring is 1. The molecule has 9 heteroatoms. The Morgan fingerprint density at radius 3 is 2.88 bits per heavy atom. The zero-order chi connectivity index (χ0) is 17.4. The van der Waals surface area contributed by atoms with E-state index in [-0.39, 0.29) is 6.10 Å². The number of anilines is 1. The first-order valence-electron chi connectivity index (χ1n) is 7.67.